The van der Waals surface area contributed by atoms with Crippen LogP contribution in [0.2, 0.25) is 0 Å². The highest BCUT2D eigenvalue weighted by atomic mass is 79.9. The largest absolute Gasteiger partial charge is 0.494 e. The highest BCUT2D eigenvalue weighted by molar-refractivity contribution is 9.10. The topological polar surface area (TPSA) is 21.3 Å². The SMILES string of the molecule is CC(C)CNCCCCCOc1ccc(F)c(Br)c1. The number of halogens is 2. The maximum atomic E-state index is 13.0. The van der Waals surface area contributed by atoms with Gasteiger partial charge in [-0.25, -0.2) is 4.39 Å². The fraction of sp³-hybridized carbons (Fsp3) is 0.600. The number of nitrogens with one attached hydrogen (secondary N) is 1. The van der Waals surface area contributed by atoms with Crippen molar-refractivity contribution in [2.24, 2.45) is 5.92 Å². The van der Waals surface area contributed by atoms with Crippen molar-refractivity contribution in [1.29, 1.82) is 0 Å². The minimum absolute atomic E-state index is 0.261. The lowest BCUT2D eigenvalue weighted by molar-refractivity contribution is 0.304. The molecule has 0 spiro atoms. The fourth-order valence-corrected chi connectivity index (χ4v) is 2.03. The molecule has 0 heterocycles. The first-order valence-electron chi connectivity index (χ1n) is 6.88. The quantitative estimate of drug-likeness (QED) is 0.678. The van der Waals surface area contributed by atoms with Crippen LogP contribution in [0.5, 0.6) is 5.75 Å². The lowest BCUT2D eigenvalue weighted by Gasteiger charge is -2.08. The van der Waals surface area contributed by atoms with Gasteiger partial charge < -0.3 is 10.1 Å². The highest BCUT2D eigenvalue weighted by Crippen LogP contribution is 2.21. The zero-order chi connectivity index (χ0) is 14.1. The van der Waals surface area contributed by atoms with Gasteiger partial charge in [-0.05, 0) is 72.4 Å². The van der Waals surface area contributed by atoms with Crippen LogP contribution in [-0.2, 0) is 0 Å². The zero-order valence-corrected chi connectivity index (χ0v) is 13.3. The minimum atomic E-state index is -0.261. The Labute approximate surface area is 123 Å². The second-order valence-electron chi connectivity index (χ2n) is 5.08. The van der Waals surface area contributed by atoms with Crippen molar-refractivity contribution in [3.63, 3.8) is 0 Å². The number of rotatable bonds is 9. The first kappa shape index (κ1) is 16.4. The lowest BCUT2D eigenvalue weighted by atomic mass is 10.2. The van der Waals surface area contributed by atoms with Gasteiger partial charge in [-0.1, -0.05) is 13.8 Å². The maximum Gasteiger partial charge on any atom is 0.137 e. The Bertz CT molecular complexity index is 371. The Kier molecular flexibility index (Phi) is 8.07. The summed E-state index contributed by atoms with van der Waals surface area (Å²) in [5.41, 5.74) is 0. The second kappa shape index (κ2) is 9.32. The van der Waals surface area contributed by atoms with Crippen molar-refractivity contribution >= 4 is 15.9 Å². The summed E-state index contributed by atoms with van der Waals surface area (Å²) in [5.74, 6) is 1.16. The fourth-order valence-electron chi connectivity index (χ4n) is 1.68. The van der Waals surface area contributed by atoms with Gasteiger partial charge in [0.1, 0.15) is 11.6 Å². The van der Waals surface area contributed by atoms with E-state index in [1.165, 1.54) is 12.5 Å². The molecule has 19 heavy (non-hydrogen) atoms. The van der Waals surface area contributed by atoms with Crippen LogP contribution in [0, 0.1) is 11.7 Å². The predicted molar refractivity (Wildman–Crippen MR) is 81.2 cm³/mol. The van der Waals surface area contributed by atoms with E-state index in [-0.39, 0.29) is 5.82 Å². The molecule has 0 fully saturated rings. The lowest BCUT2D eigenvalue weighted by Crippen LogP contribution is -2.20. The Morgan fingerprint density at radius 3 is 2.74 bits per heavy atom. The van der Waals surface area contributed by atoms with Gasteiger partial charge in [0.2, 0.25) is 0 Å². The first-order valence-corrected chi connectivity index (χ1v) is 7.67. The van der Waals surface area contributed by atoms with Crippen molar-refractivity contribution < 1.29 is 9.13 Å². The molecule has 0 saturated heterocycles. The molecule has 108 valence electrons. The van der Waals surface area contributed by atoms with Gasteiger partial charge in [0.05, 0.1) is 11.1 Å². The molecule has 0 aliphatic carbocycles. The minimum Gasteiger partial charge on any atom is -0.494 e. The van der Waals surface area contributed by atoms with E-state index in [4.69, 9.17) is 4.74 Å². The third-order valence-corrected chi connectivity index (χ3v) is 3.32. The predicted octanol–water partition coefficient (Wildman–Crippen LogP) is 4.38. The molecule has 0 saturated carbocycles. The molecule has 0 radical (unpaired) electrons. The van der Waals surface area contributed by atoms with Crippen LogP contribution >= 0.6 is 15.9 Å². The molecule has 0 aromatic heterocycles. The summed E-state index contributed by atoms with van der Waals surface area (Å²) in [6.07, 6.45) is 3.34. The molecule has 0 aliphatic heterocycles. The molecule has 0 unspecified atom stereocenters. The first-order chi connectivity index (χ1) is 9.09. The smallest absolute Gasteiger partial charge is 0.137 e. The Morgan fingerprint density at radius 2 is 2.05 bits per heavy atom. The van der Waals surface area contributed by atoms with E-state index >= 15 is 0 Å². The van der Waals surface area contributed by atoms with Crippen LogP contribution in [0.1, 0.15) is 33.1 Å². The van der Waals surface area contributed by atoms with Crippen molar-refractivity contribution in [3.8, 4) is 5.75 Å². The van der Waals surface area contributed by atoms with E-state index in [1.54, 1.807) is 12.1 Å². The van der Waals surface area contributed by atoms with E-state index in [1.807, 2.05) is 0 Å². The molecule has 1 N–H and O–H groups in total. The molecule has 2 nitrogen and oxygen atoms in total. The van der Waals surface area contributed by atoms with Crippen LogP contribution < -0.4 is 10.1 Å². The summed E-state index contributed by atoms with van der Waals surface area (Å²) in [5, 5.41) is 3.42. The third-order valence-electron chi connectivity index (χ3n) is 2.71. The molecule has 1 rings (SSSR count). The molecule has 0 amide bonds. The summed E-state index contributed by atoms with van der Waals surface area (Å²) in [4.78, 5) is 0. The van der Waals surface area contributed by atoms with Gasteiger partial charge in [0.25, 0.3) is 0 Å². The number of benzene rings is 1. The average molecular weight is 332 g/mol. The second-order valence-corrected chi connectivity index (χ2v) is 5.94. The van der Waals surface area contributed by atoms with E-state index in [2.05, 4.69) is 35.1 Å². The highest BCUT2D eigenvalue weighted by Gasteiger charge is 2.01. The Hall–Kier alpha value is -0.610. The monoisotopic (exact) mass is 331 g/mol. The van der Waals surface area contributed by atoms with E-state index < -0.39 is 0 Å². The van der Waals surface area contributed by atoms with E-state index in [0.717, 1.165) is 25.9 Å². The normalized spacial score (nSPS) is 11.0. The zero-order valence-electron chi connectivity index (χ0n) is 11.7. The van der Waals surface area contributed by atoms with Gasteiger partial charge in [-0.15, -0.1) is 0 Å². The number of unbranched alkanes of at least 4 members (excludes halogenated alkanes) is 2. The summed E-state index contributed by atoms with van der Waals surface area (Å²) >= 11 is 3.15. The summed E-state index contributed by atoms with van der Waals surface area (Å²) in [7, 11) is 0. The average Bonchev–Trinajstić information content (AvgIpc) is 2.36. The van der Waals surface area contributed by atoms with Gasteiger partial charge in [0, 0.05) is 0 Å². The molecule has 0 bridgehead atoms. The standard InChI is InChI=1S/C15H23BrFNO/c1-12(2)11-18-8-4-3-5-9-19-13-6-7-15(17)14(16)10-13/h6-7,10,12,18H,3-5,8-9,11H2,1-2H3. The summed E-state index contributed by atoms with van der Waals surface area (Å²) in [6, 6.07) is 4.74. The van der Waals surface area contributed by atoms with Crippen LogP contribution in [0.4, 0.5) is 4.39 Å². The number of hydrogen-bond acceptors (Lipinski definition) is 2. The van der Waals surface area contributed by atoms with E-state index in [9.17, 15) is 4.39 Å². The van der Waals surface area contributed by atoms with Crippen LogP contribution in [0.3, 0.4) is 0 Å². The van der Waals surface area contributed by atoms with Gasteiger partial charge in [-0.2, -0.15) is 0 Å². The molecule has 1 aromatic carbocycles. The Morgan fingerprint density at radius 1 is 1.26 bits per heavy atom. The third kappa shape index (κ3) is 7.53. The van der Waals surface area contributed by atoms with Gasteiger partial charge in [-0.3, -0.25) is 0 Å². The van der Waals surface area contributed by atoms with E-state index in [0.29, 0.717) is 22.7 Å². The number of ether oxygens (including phenoxy) is 1. The Balaban J connectivity index is 2.03. The van der Waals surface area contributed by atoms with Gasteiger partial charge >= 0.3 is 0 Å². The van der Waals surface area contributed by atoms with Crippen LogP contribution in [0.15, 0.2) is 22.7 Å². The van der Waals surface area contributed by atoms with Crippen molar-refractivity contribution in [3.05, 3.63) is 28.5 Å². The molecule has 1 aromatic rings. The maximum absolute atomic E-state index is 13.0. The van der Waals surface area contributed by atoms with Crippen molar-refractivity contribution in [2.45, 2.75) is 33.1 Å². The van der Waals surface area contributed by atoms with Crippen LogP contribution in [-0.4, -0.2) is 19.7 Å². The van der Waals surface area contributed by atoms with Crippen molar-refractivity contribution in [2.75, 3.05) is 19.7 Å². The van der Waals surface area contributed by atoms with Crippen molar-refractivity contribution in [1.82, 2.24) is 5.32 Å². The summed E-state index contributed by atoms with van der Waals surface area (Å²) in [6.45, 7) is 7.26. The van der Waals surface area contributed by atoms with Gasteiger partial charge in [0.15, 0.2) is 0 Å². The molecule has 0 atom stereocenters. The summed E-state index contributed by atoms with van der Waals surface area (Å²) < 4.78 is 19.0. The molecule has 0 aliphatic rings. The molecular weight excluding hydrogens is 309 g/mol. The molecule has 4 heteroatoms. The number of hydrogen-bond donors (Lipinski definition) is 1. The molecular formula is C15H23BrFNO. The van der Waals surface area contributed by atoms with Crippen LogP contribution in [0.25, 0.3) is 0 Å².